The van der Waals surface area contributed by atoms with Gasteiger partial charge in [0.2, 0.25) is 0 Å². The minimum absolute atomic E-state index is 0.00983. The summed E-state index contributed by atoms with van der Waals surface area (Å²) >= 11 is 0. The molecule has 2 aliphatic rings. The first-order valence-corrected chi connectivity index (χ1v) is 9.56. The van der Waals surface area contributed by atoms with Crippen molar-refractivity contribution in [2.24, 2.45) is 17.6 Å². The molecular weight excluding hydrogens is 368 g/mol. The summed E-state index contributed by atoms with van der Waals surface area (Å²) in [5.41, 5.74) is 6.24. The van der Waals surface area contributed by atoms with E-state index in [4.69, 9.17) is 11.6 Å². The van der Waals surface area contributed by atoms with Crippen LogP contribution in [-0.2, 0) is 0 Å². The van der Waals surface area contributed by atoms with Gasteiger partial charge in [-0.3, -0.25) is 9.36 Å². The number of nitrogen functional groups attached to an aromatic ring is 1. The molecule has 2 unspecified atom stereocenters. The predicted octanol–water partition coefficient (Wildman–Crippen LogP) is 1.19. The van der Waals surface area contributed by atoms with Gasteiger partial charge in [0.15, 0.2) is 0 Å². The second-order valence-corrected chi connectivity index (χ2v) is 8.13. The Labute approximate surface area is 160 Å². The van der Waals surface area contributed by atoms with E-state index in [-0.39, 0.29) is 25.0 Å². The summed E-state index contributed by atoms with van der Waals surface area (Å²) in [7, 11) is 0. The van der Waals surface area contributed by atoms with Gasteiger partial charge in [0.25, 0.3) is 11.5 Å². The average Bonchev–Trinajstić information content (AvgIpc) is 3.43. The highest BCUT2D eigenvalue weighted by Crippen LogP contribution is 2.42. The first-order valence-electron chi connectivity index (χ1n) is 9.56. The molecule has 0 radical (unpaired) electrons. The van der Waals surface area contributed by atoms with Crippen molar-refractivity contribution in [2.75, 3.05) is 30.4 Å². The zero-order chi connectivity index (χ0) is 20.4. The quantitative estimate of drug-likeness (QED) is 0.760. The summed E-state index contributed by atoms with van der Waals surface area (Å²) in [5, 5.41) is 0.327. The fourth-order valence-electron chi connectivity index (χ4n) is 4.37. The highest BCUT2D eigenvalue weighted by molar-refractivity contribution is 5.87. The van der Waals surface area contributed by atoms with Crippen molar-refractivity contribution in [3.63, 3.8) is 0 Å². The Kier molecular flexibility index (Phi) is 4.26. The van der Waals surface area contributed by atoms with Gasteiger partial charge >= 0.3 is 5.69 Å². The number of benzene rings is 1. The molecule has 2 aromatic rings. The lowest BCUT2D eigenvalue weighted by molar-refractivity contribution is -0.0382. The number of nitrogens with two attached hydrogens (primary N) is 2. The molecule has 9 heteroatoms. The van der Waals surface area contributed by atoms with E-state index in [1.807, 2.05) is 0 Å². The normalized spacial score (nSPS) is 22.8. The van der Waals surface area contributed by atoms with Crippen molar-refractivity contribution < 1.29 is 8.78 Å². The van der Waals surface area contributed by atoms with Gasteiger partial charge in [-0.05, 0) is 49.9 Å². The van der Waals surface area contributed by atoms with E-state index in [0.717, 1.165) is 12.8 Å². The summed E-state index contributed by atoms with van der Waals surface area (Å²) in [6.45, 7) is 3.48. The van der Waals surface area contributed by atoms with Crippen LogP contribution in [-0.4, -0.2) is 34.8 Å². The molecule has 1 aromatic carbocycles. The molecule has 1 aliphatic carbocycles. The molecule has 1 saturated carbocycles. The topological polar surface area (TPSA) is 99.3 Å². The van der Waals surface area contributed by atoms with Crippen LogP contribution in [0.25, 0.3) is 10.9 Å². The number of alkyl halides is 2. The minimum Gasteiger partial charge on any atom is -0.365 e. The van der Waals surface area contributed by atoms with Crippen molar-refractivity contribution in [2.45, 2.75) is 38.7 Å². The smallest absolute Gasteiger partial charge is 0.350 e. The van der Waals surface area contributed by atoms with Gasteiger partial charge in [0, 0.05) is 24.2 Å². The molecule has 0 amide bonds. The average molecular weight is 393 g/mol. The van der Waals surface area contributed by atoms with Gasteiger partial charge in [-0.15, -0.1) is 0 Å². The maximum Gasteiger partial charge on any atom is 0.350 e. The summed E-state index contributed by atoms with van der Waals surface area (Å²) in [6.07, 6.45) is 1.66. The molecule has 0 bridgehead atoms. The SMILES string of the molecule is Cc1c(N2CC(C(C)CN)C(F)(F)C2)ccc2c(=O)n(N)c(=O)n(C3CC3)c12. The van der Waals surface area contributed by atoms with Crippen LogP contribution in [0, 0.1) is 18.8 Å². The Morgan fingerprint density at radius 2 is 1.96 bits per heavy atom. The minimum atomic E-state index is -2.85. The van der Waals surface area contributed by atoms with E-state index in [2.05, 4.69) is 0 Å². The number of rotatable bonds is 4. The van der Waals surface area contributed by atoms with Crippen LogP contribution in [0.4, 0.5) is 14.5 Å². The Hall–Kier alpha value is -2.42. The highest BCUT2D eigenvalue weighted by atomic mass is 19.3. The number of hydrogen-bond donors (Lipinski definition) is 2. The standard InChI is InChI=1S/C19H25F2N5O2/c1-10(7-22)14-8-24(9-19(14,20)21)15-6-5-13-16(11(15)2)25(12-3-4-12)18(28)26(23)17(13)27/h5-6,10,12,14H,3-4,7-9,22-23H2,1-2H3. The van der Waals surface area contributed by atoms with Crippen LogP contribution in [0.2, 0.25) is 0 Å². The fourth-order valence-corrected chi connectivity index (χ4v) is 4.37. The fraction of sp³-hybridized carbons (Fsp3) is 0.579. The summed E-state index contributed by atoms with van der Waals surface area (Å²) in [6, 6.07) is 3.25. The lowest BCUT2D eigenvalue weighted by Gasteiger charge is -2.23. The van der Waals surface area contributed by atoms with Crippen LogP contribution in [0.3, 0.4) is 0 Å². The largest absolute Gasteiger partial charge is 0.365 e. The van der Waals surface area contributed by atoms with Gasteiger partial charge in [-0.1, -0.05) is 6.92 Å². The van der Waals surface area contributed by atoms with Crippen molar-refractivity contribution in [3.05, 3.63) is 38.5 Å². The van der Waals surface area contributed by atoms with Crippen molar-refractivity contribution in [3.8, 4) is 0 Å². The molecule has 0 spiro atoms. The second-order valence-electron chi connectivity index (χ2n) is 8.13. The van der Waals surface area contributed by atoms with Gasteiger partial charge in [-0.25, -0.2) is 13.6 Å². The Morgan fingerprint density at radius 1 is 1.29 bits per heavy atom. The molecular formula is C19H25F2N5O2. The number of hydrogen-bond acceptors (Lipinski definition) is 5. The monoisotopic (exact) mass is 393 g/mol. The zero-order valence-electron chi connectivity index (χ0n) is 16.0. The number of aromatic nitrogens is 2. The molecule has 2 fully saturated rings. The number of anilines is 1. The second kappa shape index (κ2) is 6.30. The number of halogens is 2. The van der Waals surface area contributed by atoms with Gasteiger partial charge in [-0.2, -0.15) is 4.68 Å². The van der Waals surface area contributed by atoms with Crippen LogP contribution >= 0.6 is 0 Å². The molecule has 28 heavy (non-hydrogen) atoms. The third kappa shape index (κ3) is 2.71. The third-order valence-electron chi connectivity index (χ3n) is 6.18. The number of aryl methyl sites for hydroxylation is 1. The van der Waals surface area contributed by atoms with E-state index in [0.29, 0.717) is 26.8 Å². The predicted molar refractivity (Wildman–Crippen MR) is 104 cm³/mol. The Balaban J connectivity index is 1.88. The molecule has 4 N–H and O–H groups in total. The molecule has 152 valence electrons. The van der Waals surface area contributed by atoms with E-state index in [1.54, 1.807) is 35.4 Å². The summed E-state index contributed by atoms with van der Waals surface area (Å²) in [5.74, 6) is 1.68. The molecule has 1 saturated heterocycles. The van der Waals surface area contributed by atoms with Crippen LogP contribution in [0.1, 0.15) is 31.4 Å². The van der Waals surface area contributed by atoms with Crippen molar-refractivity contribution >= 4 is 16.6 Å². The van der Waals surface area contributed by atoms with Gasteiger partial charge in [0.05, 0.1) is 17.4 Å². The van der Waals surface area contributed by atoms with Gasteiger partial charge in [0.1, 0.15) is 0 Å². The number of nitrogens with zero attached hydrogens (tertiary/aromatic N) is 3. The van der Waals surface area contributed by atoms with Crippen molar-refractivity contribution in [1.82, 2.24) is 9.24 Å². The zero-order valence-corrected chi connectivity index (χ0v) is 16.0. The molecule has 1 aromatic heterocycles. The Bertz CT molecular complexity index is 1060. The van der Waals surface area contributed by atoms with Crippen LogP contribution < -0.4 is 27.7 Å². The first-order chi connectivity index (χ1) is 13.2. The summed E-state index contributed by atoms with van der Waals surface area (Å²) < 4.78 is 31.4. The molecule has 2 atom stereocenters. The lowest BCUT2D eigenvalue weighted by atomic mass is 9.91. The maximum atomic E-state index is 14.6. The van der Waals surface area contributed by atoms with Crippen LogP contribution in [0.15, 0.2) is 21.7 Å². The lowest BCUT2D eigenvalue weighted by Crippen LogP contribution is -2.44. The molecule has 4 rings (SSSR count). The third-order valence-corrected chi connectivity index (χ3v) is 6.18. The molecule has 7 nitrogen and oxygen atoms in total. The van der Waals surface area contributed by atoms with Gasteiger partial charge < -0.3 is 16.5 Å². The van der Waals surface area contributed by atoms with E-state index >= 15 is 0 Å². The molecule has 1 aliphatic heterocycles. The Morgan fingerprint density at radius 3 is 2.57 bits per heavy atom. The van der Waals surface area contributed by atoms with E-state index in [9.17, 15) is 18.4 Å². The highest BCUT2D eigenvalue weighted by Gasteiger charge is 2.50. The summed E-state index contributed by atoms with van der Waals surface area (Å²) in [4.78, 5) is 26.7. The van der Waals surface area contributed by atoms with Crippen LogP contribution in [0.5, 0.6) is 0 Å². The first kappa shape index (κ1) is 18.9. The van der Waals surface area contributed by atoms with E-state index in [1.165, 1.54) is 0 Å². The molecule has 2 heterocycles. The van der Waals surface area contributed by atoms with Crippen molar-refractivity contribution in [1.29, 1.82) is 0 Å². The maximum absolute atomic E-state index is 14.6. The number of fused-ring (bicyclic) bond motifs is 1. The van der Waals surface area contributed by atoms with E-state index < -0.39 is 29.6 Å².